The van der Waals surface area contributed by atoms with Crippen LogP contribution in [0.25, 0.3) is 44.4 Å². The van der Waals surface area contributed by atoms with Crippen LogP contribution in [-0.4, -0.2) is 43.1 Å². The molecule has 0 aliphatic carbocycles. The summed E-state index contributed by atoms with van der Waals surface area (Å²) < 4.78 is 0. The largest absolute Gasteiger partial charge is 2.00 e. The van der Waals surface area contributed by atoms with Crippen molar-refractivity contribution in [2.45, 2.75) is 72.0 Å². The number of aromatic nitrogens is 4. The van der Waals surface area contributed by atoms with Crippen molar-refractivity contribution in [3.8, 4) is 0 Å². The number of carbonyl (C=O) groups is 2. The van der Waals surface area contributed by atoms with E-state index in [-0.39, 0.29) is 29.9 Å². The Morgan fingerprint density at radius 1 is 0.773 bits per heavy atom. The van der Waals surface area contributed by atoms with E-state index >= 15 is 0 Å². The first-order valence-electron chi connectivity index (χ1n) is 14.7. The summed E-state index contributed by atoms with van der Waals surface area (Å²) in [4.78, 5) is 43.3. The van der Waals surface area contributed by atoms with Gasteiger partial charge in [0.25, 0.3) is 0 Å². The smallest absolute Gasteiger partial charge is 0.657 e. The Morgan fingerprint density at radius 2 is 1.27 bits per heavy atom. The summed E-state index contributed by atoms with van der Waals surface area (Å²) in [5, 5.41) is 19.4. The van der Waals surface area contributed by atoms with Crippen molar-refractivity contribution in [1.29, 1.82) is 0 Å². The molecule has 44 heavy (non-hydrogen) atoms. The third kappa shape index (κ3) is 5.90. The Hall–Kier alpha value is -3.59. The molecule has 0 spiro atoms. The van der Waals surface area contributed by atoms with Gasteiger partial charge in [-0.1, -0.05) is 53.4 Å². The van der Waals surface area contributed by atoms with E-state index < -0.39 is 11.9 Å². The second-order valence-corrected chi connectivity index (χ2v) is 12.8. The number of carboxylic acids is 2. The fraction of sp³-hybridized carbons (Fsp3) is 0.353. The minimum atomic E-state index is -0.875. The number of rotatable bonds is 8. The minimum absolute atomic E-state index is 0. The number of aryl methyl sites for hydroxylation is 4. The number of nitrogens with zero attached hydrogens (tertiary/aromatic N) is 4. The zero-order valence-electron chi connectivity index (χ0n) is 25.4. The molecule has 1 atom stereocenters. The maximum atomic E-state index is 11.6. The van der Waals surface area contributed by atoms with Crippen molar-refractivity contribution in [2.24, 2.45) is 0 Å². The number of allylic oxidation sites excluding steroid dienone is 3. The number of fused-ring (bicyclic) bond motifs is 8. The molecule has 0 saturated carbocycles. The Labute approximate surface area is 271 Å². The van der Waals surface area contributed by atoms with E-state index in [4.69, 9.17) is 19.9 Å². The van der Waals surface area contributed by atoms with Crippen LogP contribution in [0.2, 0.25) is 0 Å². The molecule has 6 rings (SSSR count). The molecule has 0 aromatic carbocycles. The first kappa shape index (κ1) is 31.8. The fourth-order valence-corrected chi connectivity index (χ4v) is 7.03. The van der Waals surface area contributed by atoms with E-state index in [0.29, 0.717) is 29.3 Å². The van der Waals surface area contributed by atoms with Crippen LogP contribution in [0.1, 0.15) is 85.1 Å². The molecule has 228 valence electrons. The second kappa shape index (κ2) is 12.4. The standard InChI is InChI=1S/C34H36N4O4S.Fe/c1-6-20-16(2)25-13-30-34(31-15-43-31)19(5)26(38-30)11-23-17(3)21(7-9-32(39)40)28(36-23)14-29-22(8-10-33(41)42)18(4)24(37-29)12-27(20)35-25;/h11-14,31H,6-10,15H2,1-5H3,(H4,35,36,37,38,39,40,41,42);/q;+2/p-1/t31-;/m0./s1. The van der Waals surface area contributed by atoms with Crippen molar-refractivity contribution >= 4 is 68.1 Å². The number of hydrogen-bond acceptors (Lipinski definition) is 4. The number of thiol groups is 1. The van der Waals surface area contributed by atoms with Crippen molar-refractivity contribution in [3.63, 3.8) is 0 Å². The van der Waals surface area contributed by atoms with Gasteiger partial charge in [0.05, 0.1) is 22.8 Å². The molecule has 8 bridgehead atoms. The summed E-state index contributed by atoms with van der Waals surface area (Å²) in [5.41, 5.74) is 14.7. The van der Waals surface area contributed by atoms with Gasteiger partial charge >= 0.3 is 29.0 Å². The maximum Gasteiger partial charge on any atom is 2.00 e. The molecule has 8 nitrogen and oxygen atoms in total. The Kier molecular flexibility index (Phi) is 8.99. The van der Waals surface area contributed by atoms with E-state index in [1.54, 1.807) is 0 Å². The molecular weight excluding hydrogens is 616 g/mol. The summed E-state index contributed by atoms with van der Waals surface area (Å²) >= 11 is 1.41. The van der Waals surface area contributed by atoms with E-state index in [1.807, 2.05) is 32.0 Å². The normalized spacial score (nSPS) is 15.9. The van der Waals surface area contributed by atoms with Crippen molar-refractivity contribution in [1.82, 2.24) is 19.9 Å². The van der Waals surface area contributed by atoms with Crippen molar-refractivity contribution in [2.75, 3.05) is 5.75 Å². The number of aliphatic carboxylic acids is 2. The van der Waals surface area contributed by atoms with Crippen LogP contribution in [0.3, 0.4) is 0 Å². The summed E-state index contributed by atoms with van der Waals surface area (Å²) in [6.45, 7) is 10.3. The zero-order chi connectivity index (χ0) is 30.6. The molecule has 0 unspecified atom stereocenters. The molecule has 10 heteroatoms. The quantitative estimate of drug-likeness (QED) is 0.138. The first-order valence-corrected chi connectivity index (χ1v) is 15.8. The van der Waals surface area contributed by atoms with Gasteiger partial charge in [0.15, 0.2) is 11.0 Å². The third-order valence-electron chi connectivity index (χ3n) is 8.79. The minimum Gasteiger partial charge on any atom is -0.657 e. The van der Waals surface area contributed by atoms with Crippen LogP contribution in [-0.2, 0) is 51.3 Å². The maximum absolute atomic E-state index is 11.6. The van der Waals surface area contributed by atoms with Gasteiger partial charge in [-0.2, -0.15) is 0 Å². The van der Waals surface area contributed by atoms with Crippen molar-refractivity contribution < 1.29 is 36.9 Å². The molecule has 2 N–H and O–H groups in total. The van der Waals surface area contributed by atoms with Gasteiger partial charge in [0, 0.05) is 18.4 Å². The molecule has 6 heterocycles. The molecular formula is C34H35FeN4O4S+. The van der Waals surface area contributed by atoms with Gasteiger partial charge in [0.2, 0.25) is 0 Å². The summed E-state index contributed by atoms with van der Waals surface area (Å²) in [5.74, 6) is -0.623. The SMILES string of the molecule is CCc1c(C)c2cc3nc(cc4[n-]c(cc5nc(cc1[n-]2)C(C)=C5CCC(=O)O)c(CCC(=O)O)c4C)C(C)=C3[C@@H]1C[SH+]1.[Fe+2]. The molecule has 3 aliphatic heterocycles. The summed E-state index contributed by atoms with van der Waals surface area (Å²) in [6.07, 6.45) is 1.43. The van der Waals surface area contributed by atoms with Crippen LogP contribution in [0.4, 0.5) is 0 Å². The van der Waals surface area contributed by atoms with Gasteiger partial charge in [0.1, 0.15) is 0 Å². The predicted molar refractivity (Wildman–Crippen MR) is 173 cm³/mol. The van der Waals surface area contributed by atoms with Crippen molar-refractivity contribution in [3.05, 3.63) is 69.3 Å². The average Bonchev–Trinajstić information content (AvgIpc) is 3.50. The van der Waals surface area contributed by atoms with Crippen LogP contribution < -0.4 is 9.97 Å². The Bertz CT molecular complexity index is 1930. The zero-order valence-corrected chi connectivity index (χ0v) is 27.4. The number of hydrogen-bond donors (Lipinski definition) is 2. The van der Waals surface area contributed by atoms with E-state index in [2.05, 4.69) is 26.8 Å². The number of carboxylic acid groups (broad SMARTS) is 2. The van der Waals surface area contributed by atoms with Crippen LogP contribution in [0.15, 0.2) is 24.3 Å². The van der Waals surface area contributed by atoms with E-state index in [9.17, 15) is 19.8 Å². The Morgan fingerprint density at radius 3 is 1.89 bits per heavy atom. The van der Waals surface area contributed by atoms with Crippen LogP contribution in [0.5, 0.6) is 0 Å². The van der Waals surface area contributed by atoms with Gasteiger partial charge < -0.3 is 20.2 Å². The van der Waals surface area contributed by atoms with Gasteiger partial charge in [-0.25, -0.2) is 9.97 Å². The van der Waals surface area contributed by atoms with E-state index in [0.717, 1.165) is 84.8 Å². The average molecular weight is 652 g/mol. The molecule has 3 aromatic heterocycles. The van der Waals surface area contributed by atoms with Crippen LogP contribution >= 0.6 is 0 Å². The molecule has 1 saturated heterocycles. The second-order valence-electron chi connectivity index (χ2n) is 11.5. The molecule has 1 fully saturated rings. The first-order chi connectivity index (χ1) is 20.5. The topological polar surface area (TPSA) is 129 Å². The predicted octanol–water partition coefficient (Wildman–Crippen LogP) is 5.69. The monoisotopic (exact) mass is 651 g/mol. The van der Waals surface area contributed by atoms with Gasteiger partial charge in [-0.15, -0.1) is 22.1 Å². The third-order valence-corrected chi connectivity index (χ3v) is 9.78. The van der Waals surface area contributed by atoms with E-state index in [1.165, 1.54) is 17.3 Å². The molecule has 0 radical (unpaired) electrons. The Balaban J connectivity index is 0.00000384. The molecule has 3 aliphatic rings. The summed E-state index contributed by atoms with van der Waals surface area (Å²) in [6, 6.07) is 8.03. The summed E-state index contributed by atoms with van der Waals surface area (Å²) in [7, 11) is 0. The van der Waals surface area contributed by atoms with Gasteiger partial charge in [-0.05, 0) is 75.4 Å². The van der Waals surface area contributed by atoms with Crippen LogP contribution in [0, 0.1) is 13.8 Å². The molecule has 3 aromatic rings. The fourth-order valence-electron chi connectivity index (χ4n) is 6.23. The molecule has 0 amide bonds. The van der Waals surface area contributed by atoms with Gasteiger partial charge in [-0.3, -0.25) is 9.59 Å².